The third-order valence-electron chi connectivity index (χ3n) is 4.46. The van der Waals surface area contributed by atoms with Crippen LogP contribution in [0.2, 0.25) is 0 Å². The number of rotatable bonds is 6. The fourth-order valence-electron chi connectivity index (χ4n) is 2.90. The molecule has 2 heterocycles. The van der Waals surface area contributed by atoms with Gasteiger partial charge in [0.25, 0.3) is 5.91 Å². The first-order valence-corrected chi connectivity index (χ1v) is 9.09. The highest BCUT2D eigenvalue weighted by molar-refractivity contribution is 6.04. The highest BCUT2D eigenvalue weighted by Crippen LogP contribution is 2.32. The fourth-order valence-corrected chi connectivity index (χ4v) is 2.90. The van der Waals surface area contributed by atoms with Crippen LogP contribution in [0, 0.1) is 0 Å². The molecule has 7 nitrogen and oxygen atoms in total. The van der Waals surface area contributed by atoms with E-state index in [2.05, 4.69) is 15.6 Å². The van der Waals surface area contributed by atoms with E-state index in [1.165, 1.54) is 6.92 Å². The van der Waals surface area contributed by atoms with Crippen LogP contribution in [0.4, 0.5) is 11.4 Å². The van der Waals surface area contributed by atoms with E-state index in [9.17, 15) is 9.59 Å². The first-order valence-electron chi connectivity index (χ1n) is 9.09. The fraction of sp³-hybridized carbons (Fsp3) is 0.136. The SMILES string of the molecule is CC(=O)c1cccc(NC(=O)c2ccc(NCc3ccc4c(c3)OCO4)cn2)c1. The zero-order chi connectivity index (χ0) is 20.2. The second-order valence-corrected chi connectivity index (χ2v) is 6.56. The van der Waals surface area contributed by atoms with E-state index >= 15 is 0 Å². The Labute approximate surface area is 167 Å². The molecule has 0 atom stereocenters. The molecular weight excluding hydrogens is 370 g/mol. The summed E-state index contributed by atoms with van der Waals surface area (Å²) in [5, 5.41) is 6.01. The number of fused-ring (bicyclic) bond motifs is 1. The van der Waals surface area contributed by atoms with Gasteiger partial charge >= 0.3 is 0 Å². The van der Waals surface area contributed by atoms with Crippen LogP contribution in [0.25, 0.3) is 0 Å². The molecule has 0 saturated carbocycles. The smallest absolute Gasteiger partial charge is 0.274 e. The molecule has 7 heteroatoms. The summed E-state index contributed by atoms with van der Waals surface area (Å²) in [5.74, 6) is 1.09. The molecule has 2 N–H and O–H groups in total. The Morgan fingerprint density at radius 2 is 1.86 bits per heavy atom. The van der Waals surface area contributed by atoms with Crippen LogP contribution >= 0.6 is 0 Å². The quantitative estimate of drug-likeness (QED) is 0.622. The number of benzene rings is 2. The molecule has 0 saturated heterocycles. The van der Waals surface area contributed by atoms with Crippen molar-refractivity contribution in [2.24, 2.45) is 0 Å². The van der Waals surface area contributed by atoms with Crippen molar-refractivity contribution in [3.8, 4) is 11.5 Å². The van der Waals surface area contributed by atoms with Gasteiger partial charge in [-0.15, -0.1) is 0 Å². The van der Waals surface area contributed by atoms with Gasteiger partial charge in [0.15, 0.2) is 17.3 Å². The van der Waals surface area contributed by atoms with E-state index in [4.69, 9.17) is 9.47 Å². The number of hydrogen-bond acceptors (Lipinski definition) is 6. The lowest BCUT2D eigenvalue weighted by Gasteiger charge is -2.09. The van der Waals surface area contributed by atoms with Crippen molar-refractivity contribution in [1.82, 2.24) is 4.98 Å². The van der Waals surface area contributed by atoms with E-state index < -0.39 is 0 Å². The first-order chi connectivity index (χ1) is 14.1. The molecule has 4 rings (SSSR count). The molecule has 0 aliphatic carbocycles. The van der Waals surface area contributed by atoms with Crippen LogP contribution in [0.3, 0.4) is 0 Å². The van der Waals surface area contributed by atoms with E-state index in [0.717, 1.165) is 22.7 Å². The van der Waals surface area contributed by atoms with Crippen LogP contribution in [0.1, 0.15) is 33.3 Å². The molecule has 1 aliphatic heterocycles. The summed E-state index contributed by atoms with van der Waals surface area (Å²) in [6, 6.07) is 16.0. The summed E-state index contributed by atoms with van der Waals surface area (Å²) in [5.41, 5.74) is 3.21. The minimum absolute atomic E-state index is 0.0582. The van der Waals surface area contributed by atoms with Crippen LogP contribution in [0.5, 0.6) is 11.5 Å². The van der Waals surface area contributed by atoms with Gasteiger partial charge in [0.05, 0.1) is 11.9 Å². The van der Waals surface area contributed by atoms with Gasteiger partial charge in [0.2, 0.25) is 6.79 Å². The van der Waals surface area contributed by atoms with Crippen molar-refractivity contribution in [2.45, 2.75) is 13.5 Å². The average molecular weight is 389 g/mol. The van der Waals surface area contributed by atoms with E-state index in [0.29, 0.717) is 17.8 Å². The monoisotopic (exact) mass is 389 g/mol. The van der Waals surface area contributed by atoms with E-state index in [1.807, 2.05) is 18.2 Å². The second kappa shape index (κ2) is 8.02. The molecule has 146 valence electrons. The summed E-state index contributed by atoms with van der Waals surface area (Å²) in [7, 11) is 0. The first kappa shape index (κ1) is 18.5. The van der Waals surface area contributed by atoms with Crippen molar-refractivity contribution >= 4 is 23.1 Å². The summed E-state index contributed by atoms with van der Waals surface area (Å²) < 4.78 is 10.7. The predicted octanol–water partition coefficient (Wildman–Crippen LogP) is 3.88. The number of amides is 1. The minimum atomic E-state index is -0.340. The van der Waals surface area contributed by atoms with Crippen molar-refractivity contribution in [2.75, 3.05) is 17.4 Å². The summed E-state index contributed by atoms with van der Waals surface area (Å²) in [4.78, 5) is 28.1. The van der Waals surface area contributed by atoms with Gasteiger partial charge in [-0.1, -0.05) is 18.2 Å². The largest absolute Gasteiger partial charge is 0.454 e. The van der Waals surface area contributed by atoms with Gasteiger partial charge in [-0.2, -0.15) is 0 Å². The molecule has 29 heavy (non-hydrogen) atoms. The van der Waals surface area contributed by atoms with Crippen LogP contribution < -0.4 is 20.1 Å². The van der Waals surface area contributed by atoms with Crippen LogP contribution in [-0.4, -0.2) is 23.5 Å². The highest BCUT2D eigenvalue weighted by atomic mass is 16.7. The maximum Gasteiger partial charge on any atom is 0.274 e. The Bertz CT molecular complexity index is 1060. The molecule has 1 aliphatic rings. The van der Waals surface area contributed by atoms with Crippen molar-refractivity contribution in [3.63, 3.8) is 0 Å². The number of pyridine rings is 1. The summed E-state index contributed by atoms with van der Waals surface area (Å²) >= 11 is 0. The Morgan fingerprint density at radius 1 is 1.00 bits per heavy atom. The standard InChI is InChI=1S/C22H19N3O4/c1-14(26)16-3-2-4-17(10-16)25-22(27)19-7-6-18(12-24-19)23-11-15-5-8-20-21(9-15)29-13-28-20/h2-10,12,23H,11,13H2,1H3,(H,25,27). The highest BCUT2D eigenvalue weighted by Gasteiger charge is 2.13. The lowest BCUT2D eigenvalue weighted by Crippen LogP contribution is -2.14. The van der Waals surface area contributed by atoms with Gasteiger partial charge in [0, 0.05) is 17.8 Å². The molecular formula is C22H19N3O4. The maximum absolute atomic E-state index is 12.4. The maximum atomic E-state index is 12.4. The van der Waals surface area contributed by atoms with E-state index in [1.54, 1.807) is 42.6 Å². The average Bonchev–Trinajstić information content (AvgIpc) is 3.20. The molecule has 0 unspecified atom stereocenters. The van der Waals surface area contributed by atoms with E-state index in [-0.39, 0.29) is 24.2 Å². The van der Waals surface area contributed by atoms with Crippen molar-refractivity contribution < 1.29 is 19.1 Å². The lowest BCUT2D eigenvalue weighted by atomic mass is 10.1. The van der Waals surface area contributed by atoms with Gasteiger partial charge < -0.3 is 20.1 Å². The molecule has 3 aromatic rings. The molecule has 0 fully saturated rings. The summed E-state index contributed by atoms with van der Waals surface area (Å²) in [6.07, 6.45) is 1.61. The number of carbonyl (C=O) groups excluding carboxylic acids is 2. The number of anilines is 2. The second-order valence-electron chi connectivity index (χ2n) is 6.56. The van der Waals surface area contributed by atoms with Gasteiger partial charge in [-0.3, -0.25) is 9.59 Å². The number of ketones is 1. The Balaban J connectivity index is 1.36. The molecule has 0 bridgehead atoms. The lowest BCUT2D eigenvalue weighted by molar-refractivity contribution is 0.100. The topological polar surface area (TPSA) is 89.6 Å². The normalized spacial score (nSPS) is 11.8. The third-order valence-corrected chi connectivity index (χ3v) is 4.46. The van der Waals surface area contributed by atoms with Gasteiger partial charge in [-0.25, -0.2) is 4.98 Å². The number of nitrogens with zero attached hydrogens (tertiary/aromatic N) is 1. The molecule has 1 aromatic heterocycles. The third kappa shape index (κ3) is 4.35. The number of Topliss-reactive ketones (excluding diaryl/α,β-unsaturated/α-hetero) is 1. The number of hydrogen-bond donors (Lipinski definition) is 2. The Morgan fingerprint density at radius 3 is 2.66 bits per heavy atom. The molecule has 0 spiro atoms. The van der Waals surface area contributed by atoms with Gasteiger partial charge in [0.1, 0.15) is 5.69 Å². The van der Waals surface area contributed by atoms with Crippen LogP contribution in [-0.2, 0) is 6.54 Å². The van der Waals surface area contributed by atoms with Crippen LogP contribution in [0.15, 0.2) is 60.8 Å². The predicted molar refractivity (Wildman–Crippen MR) is 109 cm³/mol. The zero-order valence-electron chi connectivity index (χ0n) is 15.8. The number of nitrogens with one attached hydrogen (secondary N) is 2. The molecule has 2 aromatic carbocycles. The number of aromatic nitrogens is 1. The number of ether oxygens (including phenoxy) is 2. The Hall–Kier alpha value is -3.87. The van der Waals surface area contributed by atoms with Crippen molar-refractivity contribution in [1.29, 1.82) is 0 Å². The Kier molecular flexibility index (Phi) is 5.11. The number of carbonyl (C=O) groups is 2. The molecule has 0 radical (unpaired) electrons. The summed E-state index contributed by atoms with van der Waals surface area (Å²) in [6.45, 7) is 2.32. The van der Waals surface area contributed by atoms with Gasteiger partial charge in [-0.05, 0) is 48.9 Å². The van der Waals surface area contributed by atoms with Crippen molar-refractivity contribution in [3.05, 3.63) is 77.6 Å². The minimum Gasteiger partial charge on any atom is -0.454 e. The molecule has 1 amide bonds. The zero-order valence-corrected chi connectivity index (χ0v) is 15.8.